The van der Waals surface area contributed by atoms with Gasteiger partial charge in [0.1, 0.15) is 5.82 Å². The number of aromatic nitrogens is 4. The zero-order valence-electron chi connectivity index (χ0n) is 14.5. The predicted octanol–water partition coefficient (Wildman–Crippen LogP) is 2.15. The molecule has 0 aromatic carbocycles. The van der Waals surface area contributed by atoms with Gasteiger partial charge < -0.3 is 10.2 Å². The number of carbonyl (C=O) groups is 1. The van der Waals surface area contributed by atoms with Crippen molar-refractivity contribution in [2.75, 3.05) is 18.9 Å². The summed E-state index contributed by atoms with van der Waals surface area (Å²) in [5.41, 5.74) is 4.04. The monoisotopic (exact) mass is 328 g/mol. The lowest BCUT2D eigenvalue weighted by Crippen LogP contribution is -2.31. The lowest BCUT2D eigenvalue weighted by atomic mass is 10.1. The van der Waals surface area contributed by atoms with Gasteiger partial charge in [-0.2, -0.15) is 5.10 Å². The first-order valence-electron chi connectivity index (χ1n) is 8.39. The van der Waals surface area contributed by atoms with Crippen LogP contribution in [-0.2, 0) is 11.2 Å². The van der Waals surface area contributed by atoms with E-state index in [4.69, 9.17) is 0 Å². The molecule has 1 aliphatic heterocycles. The summed E-state index contributed by atoms with van der Waals surface area (Å²) in [6, 6.07) is 0.0323. The van der Waals surface area contributed by atoms with Gasteiger partial charge in [0.2, 0.25) is 5.91 Å². The van der Waals surface area contributed by atoms with Crippen LogP contribution in [0.25, 0.3) is 0 Å². The number of anilines is 1. The van der Waals surface area contributed by atoms with Crippen molar-refractivity contribution in [2.24, 2.45) is 0 Å². The van der Waals surface area contributed by atoms with Gasteiger partial charge in [0.25, 0.3) is 0 Å². The molecule has 1 fully saturated rings. The number of amides is 1. The van der Waals surface area contributed by atoms with Crippen molar-refractivity contribution in [1.29, 1.82) is 0 Å². The molecule has 0 spiro atoms. The molecule has 3 rings (SSSR count). The van der Waals surface area contributed by atoms with E-state index in [1.165, 1.54) is 0 Å². The van der Waals surface area contributed by atoms with Crippen LogP contribution >= 0.6 is 0 Å². The van der Waals surface area contributed by atoms with Crippen molar-refractivity contribution in [3.8, 4) is 0 Å². The molecule has 1 aliphatic rings. The summed E-state index contributed by atoms with van der Waals surface area (Å²) in [6.45, 7) is 4.76. The number of hydrogen-bond acceptors (Lipinski definition) is 5. The van der Waals surface area contributed by atoms with Crippen molar-refractivity contribution >= 4 is 11.7 Å². The first kappa shape index (κ1) is 16.4. The van der Waals surface area contributed by atoms with Crippen LogP contribution in [0.3, 0.4) is 0 Å². The van der Waals surface area contributed by atoms with Crippen molar-refractivity contribution in [3.63, 3.8) is 0 Å². The van der Waals surface area contributed by atoms with Gasteiger partial charge in [-0.3, -0.25) is 14.9 Å². The minimum Gasteiger partial charge on any atom is -0.372 e. The maximum atomic E-state index is 12.7. The Morgan fingerprint density at radius 1 is 1.42 bits per heavy atom. The molecule has 2 aromatic heterocycles. The minimum absolute atomic E-state index is 0.0323. The molecule has 7 nitrogen and oxygen atoms in total. The van der Waals surface area contributed by atoms with E-state index in [-0.39, 0.29) is 11.9 Å². The Labute approximate surface area is 141 Å². The van der Waals surface area contributed by atoms with Gasteiger partial charge in [0.05, 0.1) is 29.8 Å². The van der Waals surface area contributed by atoms with Gasteiger partial charge in [-0.05, 0) is 38.7 Å². The third kappa shape index (κ3) is 3.25. The maximum Gasteiger partial charge on any atom is 0.223 e. The van der Waals surface area contributed by atoms with E-state index in [9.17, 15) is 4.79 Å². The Hall–Kier alpha value is -2.44. The third-order valence-corrected chi connectivity index (χ3v) is 4.69. The molecule has 7 heteroatoms. The second-order valence-corrected chi connectivity index (χ2v) is 6.24. The maximum absolute atomic E-state index is 12.7. The molecule has 0 radical (unpaired) electrons. The van der Waals surface area contributed by atoms with Crippen LogP contribution in [0.2, 0.25) is 0 Å². The summed E-state index contributed by atoms with van der Waals surface area (Å²) in [5.74, 6) is 0.908. The topological polar surface area (TPSA) is 86.8 Å². The molecule has 24 heavy (non-hydrogen) atoms. The number of aromatic amines is 1. The number of nitrogens with one attached hydrogen (secondary N) is 2. The quantitative estimate of drug-likeness (QED) is 0.878. The largest absolute Gasteiger partial charge is 0.372 e. The molecule has 0 bridgehead atoms. The van der Waals surface area contributed by atoms with Gasteiger partial charge in [0, 0.05) is 25.7 Å². The standard InChI is InChI=1S/C17H24N6O/c1-11-13(12(2)22-21-11)6-7-17(24)23-8-4-5-15(23)14-9-19-10-16(18-3)20-14/h9-10,15H,4-8H2,1-3H3,(H,18,20)(H,21,22). The molecular weight excluding hydrogens is 304 g/mol. The van der Waals surface area contributed by atoms with Crippen LogP contribution in [0.4, 0.5) is 5.82 Å². The summed E-state index contributed by atoms with van der Waals surface area (Å²) in [7, 11) is 1.82. The number of rotatable bonds is 5. The van der Waals surface area contributed by atoms with Gasteiger partial charge in [0.15, 0.2) is 0 Å². The number of likely N-dealkylation sites (tertiary alicyclic amines) is 1. The number of H-pyrrole nitrogens is 1. The average Bonchev–Trinajstić information content (AvgIpc) is 3.20. The molecule has 2 N–H and O–H groups in total. The van der Waals surface area contributed by atoms with E-state index in [0.29, 0.717) is 6.42 Å². The second kappa shape index (κ2) is 6.98. The highest BCUT2D eigenvalue weighted by atomic mass is 16.2. The molecule has 1 unspecified atom stereocenters. The van der Waals surface area contributed by atoms with E-state index in [2.05, 4.69) is 25.5 Å². The molecule has 1 amide bonds. The molecule has 128 valence electrons. The summed E-state index contributed by atoms with van der Waals surface area (Å²) in [6.07, 6.45) is 6.62. The highest BCUT2D eigenvalue weighted by molar-refractivity contribution is 5.77. The Bertz CT molecular complexity index is 706. The molecular formula is C17H24N6O. The Morgan fingerprint density at radius 3 is 2.96 bits per heavy atom. The average molecular weight is 328 g/mol. The lowest BCUT2D eigenvalue weighted by molar-refractivity contribution is -0.132. The summed E-state index contributed by atoms with van der Waals surface area (Å²) < 4.78 is 0. The highest BCUT2D eigenvalue weighted by Crippen LogP contribution is 2.31. The van der Waals surface area contributed by atoms with E-state index in [1.54, 1.807) is 12.4 Å². The minimum atomic E-state index is 0.0323. The smallest absolute Gasteiger partial charge is 0.223 e. The molecule has 0 saturated carbocycles. The molecule has 1 atom stereocenters. The summed E-state index contributed by atoms with van der Waals surface area (Å²) >= 11 is 0. The summed E-state index contributed by atoms with van der Waals surface area (Å²) in [5, 5.41) is 10.2. The molecule has 1 saturated heterocycles. The SMILES string of the molecule is CNc1cncc(C2CCCN2C(=O)CCc2c(C)n[nH]c2C)n1. The fraction of sp³-hybridized carbons (Fsp3) is 0.529. The normalized spacial score (nSPS) is 17.3. The summed E-state index contributed by atoms with van der Waals surface area (Å²) in [4.78, 5) is 23.5. The Morgan fingerprint density at radius 2 is 2.25 bits per heavy atom. The first-order valence-corrected chi connectivity index (χ1v) is 8.39. The number of hydrogen-bond donors (Lipinski definition) is 2. The number of nitrogens with zero attached hydrogens (tertiary/aromatic N) is 4. The van der Waals surface area contributed by atoms with Crippen LogP contribution < -0.4 is 5.32 Å². The highest BCUT2D eigenvalue weighted by Gasteiger charge is 2.31. The number of carbonyl (C=O) groups excluding carboxylic acids is 1. The van der Waals surface area contributed by atoms with Crippen molar-refractivity contribution in [2.45, 2.75) is 45.6 Å². The molecule has 3 heterocycles. The zero-order chi connectivity index (χ0) is 17.1. The molecule has 2 aromatic rings. The van der Waals surface area contributed by atoms with E-state index < -0.39 is 0 Å². The van der Waals surface area contributed by atoms with E-state index >= 15 is 0 Å². The zero-order valence-corrected chi connectivity index (χ0v) is 14.5. The van der Waals surface area contributed by atoms with Gasteiger partial charge in [-0.25, -0.2) is 4.98 Å². The Balaban J connectivity index is 1.69. The van der Waals surface area contributed by atoms with Crippen LogP contribution in [0, 0.1) is 13.8 Å². The van der Waals surface area contributed by atoms with Gasteiger partial charge >= 0.3 is 0 Å². The lowest BCUT2D eigenvalue weighted by Gasteiger charge is -2.24. The second-order valence-electron chi connectivity index (χ2n) is 6.24. The predicted molar refractivity (Wildman–Crippen MR) is 91.6 cm³/mol. The van der Waals surface area contributed by atoms with Crippen LogP contribution in [0.5, 0.6) is 0 Å². The van der Waals surface area contributed by atoms with Crippen LogP contribution in [0.1, 0.15) is 47.9 Å². The van der Waals surface area contributed by atoms with Crippen LogP contribution in [-0.4, -0.2) is 44.6 Å². The van der Waals surface area contributed by atoms with Crippen molar-refractivity contribution in [1.82, 2.24) is 25.1 Å². The number of aryl methyl sites for hydroxylation is 2. The Kier molecular flexibility index (Phi) is 4.78. The van der Waals surface area contributed by atoms with E-state index in [0.717, 1.165) is 54.3 Å². The third-order valence-electron chi connectivity index (χ3n) is 4.69. The fourth-order valence-corrected chi connectivity index (χ4v) is 3.35. The fourth-order valence-electron chi connectivity index (χ4n) is 3.35. The first-order chi connectivity index (χ1) is 11.6. The van der Waals surface area contributed by atoms with Gasteiger partial charge in [-0.15, -0.1) is 0 Å². The van der Waals surface area contributed by atoms with Crippen LogP contribution in [0.15, 0.2) is 12.4 Å². The molecule has 0 aliphatic carbocycles. The van der Waals surface area contributed by atoms with Gasteiger partial charge in [-0.1, -0.05) is 0 Å². The van der Waals surface area contributed by atoms with E-state index in [1.807, 2.05) is 25.8 Å². The van der Waals surface area contributed by atoms with Crippen molar-refractivity contribution in [3.05, 3.63) is 35.0 Å². The van der Waals surface area contributed by atoms with Crippen molar-refractivity contribution < 1.29 is 4.79 Å².